The predicted octanol–water partition coefficient (Wildman–Crippen LogP) is 3.91. The lowest BCUT2D eigenvalue weighted by Gasteiger charge is -2.12. The topological polar surface area (TPSA) is 76.8 Å². The molecule has 1 fully saturated rings. The van der Waals surface area contributed by atoms with Gasteiger partial charge >= 0.3 is 6.18 Å². The number of hydrogen-bond acceptors (Lipinski definition) is 5. The Hall–Kier alpha value is -3.43. The van der Waals surface area contributed by atoms with E-state index >= 15 is 0 Å². The van der Waals surface area contributed by atoms with Crippen molar-refractivity contribution >= 4 is 17.3 Å². The Morgan fingerprint density at radius 1 is 1.21 bits per heavy atom. The Morgan fingerprint density at radius 3 is 2.67 bits per heavy atom. The van der Waals surface area contributed by atoms with Crippen LogP contribution in [0.4, 0.5) is 13.2 Å². The molecule has 1 aliphatic heterocycles. The number of carbonyl (C=O) groups excluding carboxylic acids is 2. The second kappa shape index (κ2) is 8.84. The van der Waals surface area contributed by atoms with Crippen LogP contribution in [-0.2, 0) is 17.4 Å². The summed E-state index contributed by atoms with van der Waals surface area (Å²) in [6.45, 7) is 4.98. The van der Waals surface area contributed by atoms with Gasteiger partial charge in [0.05, 0.1) is 12.3 Å². The lowest BCUT2D eigenvalue weighted by atomic mass is 10.1. The summed E-state index contributed by atoms with van der Waals surface area (Å²) in [6, 6.07) is 4.99. The van der Waals surface area contributed by atoms with Gasteiger partial charge in [-0.15, -0.1) is 0 Å². The Morgan fingerprint density at radius 2 is 2.00 bits per heavy atom. The van der Waals surface area contributed by atoms with Crippen LogP contribution >= 0.6 is 0 Å². The molecule has 0 N–H and O–H groups in total. The number of halogens is 3. The summed E-state index contributed by atoms with van der Waals surface area (Å²) in [5.41, 5.74) is 0.625. The molecule has 1 atom stereocenters. The fraction of sp³-hybridized carbons (Fsp3) is 0.391. The first kappa shape index (κ1) is 22.8. The van der Waals surface area contributed by atoms with Crippen LogP contribution in [-0.4, -0.2) is 50.7 Å². The minimum absolute atomic E-state index is 0.0314. The highest BCUT2D eigenvalue weighted by atomic mass is 19.4. The average molecular weight is 460 g/mol. The molecule has 1 amide bonds. The lowest BCUT2D eigenvalue weighted by molar-refractivity contribution is -0.141. The number of carbonyl (C=O) groups is 2. The number of aromatic nitrogens is 3. The number of imidazole rings is 1. The molecule has 10 heteroatoms. The molecule has 0 bridgehead atoms. The van der Waals surface area contributed by atoms with Crippen molar-refractivity contribution in [3.63, 3.8) is 0 Å². The first-order valence-corrected chi connectivity index (χ1v) is 10.6. The third kappa shape index (κ3) is 4.84. The van der Waals surface area contributed by atoms with Crippen LogP contribution in [0.15, 0.2) is 36.7 Å². The van der Waals surface area contributed by atoms with Crippen molar-refractivity contribution < 1.29 is 27.5 Å². The standard InChI is InChI=1S/C23H23F3N4O3/c1-3-33-20-10-22-28-18(15-7-8-29(11-15)14(2)31)13-30(22)12-16(20)9-19(32)17-5-4-6-21(27-17)23(24,25)26/h4-6,10,12-13,15H,3,7-9,11H2,1-2H3. The molecule has 1 unspecified atom stereocenters. The highest BCUT2D eigenvalue weighted by Gasteiger charge is 2.33. The maximum atomic E-state index is 13.0. The van der Waals surface area contributed by atoms with E-state index in [4.69, 9.17) is 4.74 Å². The van der Waals surface area contributed by atoms with Crippen molar-refractivity contribution in [2.75, 3.05) is 19.7 Å². The zero-order valence-corrected chi connectivity index (χ0v) is 18.2. The van der Waals surface area contributed by atoms with E-state index in [0.29, 0.717) is 36.7 Å². The quantitative estimate of drug-likeness (QED) is 0.522. The van der Waals surface area contributed by atoms with Crippen LogP contribution in [0.25, 0.3) is 5.65 Å². The lowest BCUT2D eigenvalue weighted by Crippen LogP contribution is -2.25. The predicted molar refractivity (Wildman–Crippen MR) is 113 cm³/mol. The van der Waals surface area contributed by atoms with Crippen molar-refractivity contribution in [1.29, 1.82) is 0 Å². The van der Waals surface area contributed by atoms with Gasteiger partial charge in [0, 0.05) is 56.4 Å². The SMILES string of the molecule is CCOc1cc2nc(C3CCN(C(C)=O)C3)cn2cc1CC(=O)c1cccc(C(F)(F)F)n1. The van der Waals surface area contributed by atoms with Crippen molar-refractivity contribution in [2.24, 2.45) is 0 Å². The molecule has 174 valence electrons. The number of nitrogens with zero attached hydrogens (tertiary/aromatic N) is 4. The molecular formula is C23H23F3N4O3. The van der Waals surface area contributed by atoms with Gasteiger partial charge in [0.25, 0.3) is 0 Å². The number of pyridine rings is 2. The number of amides is 1. The van der Waals surface area contributed by atoms with E-state index in [1.807, 2.05) is 6.20 Å². The van der Waals surface area contributed by atoms with Gasteiger partial charge in [-0.1, -0.05) is 6.07 Å². The summed E-state index contributed by atoms with van der Waals surface area (Å²) in [4.78, 5) is 34.3. The summed E-state index contributed by atoms with van der Waals surface area (Å²) in [5.74, 6) is 0.0431. The first-order valence-electron chi connectivity index (χ1n) is 10.6. The van der Waals surface area contributed by atoms with E-state index in [1.54, 1.807) is 35.4 Å². The van der Waals surface area contributed by atoms with Gasteiger partial charge in [-0.25, -0.2) is 9.97 Å². The highest BCUT2D eigenvalue weighted by Crippen LogP contribution is 2.30. The molecule has 33 heavy (non-hydrogen) atoms. The number of Topliss-reactive ketones (excluding diaryl/α,β-unsaturated/α-hetero) is 1. The number of hydrogen-bond donors (Lipinski definition) is 0. The summed E-state index contributed by atoms with van der Waals surface area (Å²) < 4.78 is 46.4. The van der Waals surface area contributed by atoms with Gasteiger partial charge in [0.2, 0.25) is 5.91 Å². The fourth-order valence-electron chi connectivity index (χ4n) is 4.00. The molecule has 0 aromatic carbocycles. The fourth-order valence-corrected chi connectivity index (χ4v) is 4.00. The molecule has 1 saturated heterocycles. The van der Waals surface area contributed by atoms with Gasteiger partial charge < -0.3 is 14.0 Å². The van der Waals surface area contributed by atoms with Crippen molar-refractivity contribution in [2.45, 2.75) is 38.8 Å². The zero-order chi connectivity index (χ0) is 23.8. The van der Waals surface area contributed by atoms with Gasteiger partial charge in [-0.05, 0) is 25.5 Å². The van der Waals surface area contributed by atoms with Crippen LogP contribution < -0.4 is 4.74 Å². The maximum Gasteiger partial charge on any atom is 0.433 e. The highest BCUT2D eigenvalue weighted by molar-refractivity contribution is 5.96. The smallest absolute Gasteiger partial charge is 0.433 e. The summed E-state index contributed by atoms with van der Waals surface area (Å²) in [7, 11) is 0. The van der Waals surface area contributed by atoms with E-state index in [1.165, 1.54) is 12.1 Å². The van der Waals surface area contributed by atoms with Crippen LogP contribution in [0.3, 0.4) is 0 Å². The molecular weight excluding hydrogens is 437 g/mol. The molecule has 4 rings (SSSR count). The number of fused-ring (bicyclic) bond motifs is 1. The molecule has 0 saturated carbocycles. The van der Waals surface area contributed by atoms with E-state index in [0.717, 1.165) is 18.2 Å². The number of alkyl halides is 3. The van der Waals surface area contributed by atoms with Crippen molar-refractivity contribution in [3.05, 3.63) is 59.3 Å². The second-order valence-corrected chi connectivity index (χ2v) is 7.98. The van der Waals surface area contributed by atoms with Crippen LogP contribution in [0.2, 0.25) is 0 Å². The van der Waals surface area contributed by atoms with E-state index < -0.39 is 17.7 Å². The molecule has 4 heterocycles. The molecule has 3 aromatic rings. The van der Waals surface area contributed by atoms with Crippen LogP contribution in [0.5, 0.6) is 5.75 Å². The minimum atomic E-state index is -4.63. The van der Waals surface area contributed by atoms with Crippen molar-refractivity contribution in [1.82, 2.24) is 19.3 Å². The monoisotopic (exact) mass is 460 g/mol. The van der Waals surface area contributed by atoms with E-state index in [9.17, 15) is 22.8 Å². The van der Waals surface area contributed by atoms with Gasteiger partial charge in [0.1, 0.15) is 22.8 Å². The van der Waals surface area contributed by atoms with E-state index in [2.05, 4.69) is 9.97 Å². The minimum Gasteiger partial charge on any atom is -0.493 e. The summed E-state index contributed by atoms with van der Waals surface area (Å²) in [6.07, 6.45) is -0.421. The summed E-state index contributed by atoms with van der Waals surface area (Å²) >= 11 is 0. The molecule has 7 nitrogen and oxygen atoms in total. The largest absolute Gasteiger partial charge is 0.493 e. The van der Waals surface area contributed by atoms with Crippen LogP contribution in [0, 0.1) is 0 Å². The third-order valence-corrected chi connectivity index (χ3v) is 5.68. The number of ether oxygens (including phenoxy) is 1. The average Bonchev–Trinajstić information content (AvgIpc) is 3.40. The number of ketones is 1. The maximum absolute atomic E-state index is 13.0. The Bertz CT molecular complexity index is 1210. The van der Waals surface area contributed by atoms with Crippen LogP contribution in [0.1, 0.15) is 53.6 Å². The molecule has 0 radical (unpaired) electrons. The normalized spacial score (nSPS) is 16.4. The second-order valence-electron chi connectivity index (χ2n) is 7.98. The van der Waals surface area contributed by atoms with E-state index in [-0.39, 0.29) is 23.9 Å². The van der Waals surface area contributed by atoms with Gasteiger partial charge in [-0.3, -0.25) is 9.59 Å². The number of rotatable bonds is 6. The Balaban J connectivity index is 1.62. The zero-order valence-electron chi connectivity index (χ0n) is 18.2. The molecule has 0 aliphatic carbocycles. The Kier molecular flexibility index (Phi) is 6.09. The molecule has 0 spiro atoms. The van der Waals surface area contributed by atoms with Gasteiger partial charge in [-0.2, -0.15) is 13.2 Å². The third-order valence-electron chi connectivity index (χ3n) is 5.68. The number of likely N-dealkylation sites (tertiary alicyclic amines) is 1. The van der Waals surface area contributed by atoms with Crippen molar-refractivity contribution in [3.8, 4) is 5.75 Å². The Labute approximate surface area is 188 Å². The first-order chi connectivity index (χ1) is 15.7. The van der Waals surface area contributed by atoms with Gasteiger partial charge in [0.15, 0.2) is 5.78 Å². The summed E-state index contributed by atoms with van der Waals surface area (Å²) in [5, 5.41) is 0. The molecule has 3 aromatic heterocycles. The molecule has 1 aliphatic rings.